The number of carbonyl (C=O) groups excluding carboxylic acids is 1. The number of fused-ring (bicyclic) bond motifs is 1. The van der Waals surface area contributed by atoms with Gasteiger partial charge in [0.15, 0.2) is 11.5 Å². The summed E-state index contributed by atoms with van der Waals surface area (Å²) in [4.78, 5) is 46.9. The van der Waals surface area contributed by atoms with Gasteiger partial charge in [-0.1, -0.05) is 54.6 Å². The zero-order valence-corrected chi connectivity index (χ0v) is 28.5. The first kappa shape index (κ1) is 33.5. The normalized spacial score (nSPS) is 15.8. The topological polar surface area (TPSA) is 96.9 Å². The number of aromatic nitrogens is 2. The van der Waals surface area contributed by atoms with Gasteiger partial charge in [-0.3, -0.25) is 19.3 Å². The van der Waals surface area contributed by atoms with Crippen LogP contribution in [0.1, 0.15) is 35.6 Å². The highest BCUT2D eigenvalue weighted by Crippen LogP contribution is 2.33. The molecule has 1 amide bonds. The number of methoxy groups -OCH3 is 2. The van der Waals surface area contributed by atoms with Gasteiger partial charge in [-0.05, 0) is 90.4 Å². The molecule has 1 aliphatic heterocycles. The van der Waals surface area contributed by atoms with Crippen LogP contribution in [0.25, 0.3) is 11.6 Å². The minimum atomic E-state index is -0.335. The number of nitrogens with zero attached hydrogens (tertiary/aromatic N) is 3. The number of likely N-dealkylation sites (N-methyl/N-ethyl adjacent to an activating group) is 1. The van der Waals surface area contributed by atoms with Crippen molar-refractivity contribution in [1.29, 1.82) is 0 Å². The molecule has 0 fully saturated rings. The van der Waals surface area contributed by atoms with Crippen LogP contribution in [-0.4, -0.2) is 54.7 Å². The number of amides is 1. The third kappa shape index (κ3) is 7.22. The predicted molar refractivity (Wildman–Crippen MR) is 194 cm³/mol. The molecular formula is C40H42N4O5. The lowest BCUT2D eigenvalue weighted by Crippen LogP contribution is -2.53. The Morgan fingerprint density at radius 3 is 2.33 bits per heavy atom. The van der Waals surface area contributed by atoms with Gasteiger partial charge in [-0.25, -0.2) is 0 Å². The third-order valence-electron chi connectivity index (χ3n) is 9.36. The Kier molecular flexibility index (Phi) is 10.1. The summed E-state index contributed by atoms with van der Waals surface area (Å²) in [6.07, 6.45) is 9.22. The Bertz CT molecular complexity index is 2160. The van der Waals surface area contributed by atoms with E-state index < -0.39 is 0 Å². The van der Waals surface area contributed by atoms with Crippen LogP contribution in [0.3, 0.4) is 0 Å². The smallest absolute Gasteiger partial charge is 0.275 e. The van der Waals surface area contributed by atoms with Gasteiger partial charge in [-0.15, -0.1) is 0 Å². The van der Waals surface area contributed by atoms with E-state index in [1.54, 1.807) is 44.4 Å². The Labute approximate surface area is 285 Å². The minimum Gasteiger partial charge on any atom is -0.493 e. The van der Waals surface area contributed by atoms with Crippen molar-refractivity contribution in [3.63, 3.8) is 0 Å². The molecule has 0 bridgehead atoms. The molecule has 0 radical (unpaired) electrons. The molecule has 0 spiro atoms. The highest BCUT2D eigenvalue weighted by molar-refractivity contribution is 6.07. The van der Waals surface area contributed by atoms with Gasteiger partial charge in [0.05, 0.1) is 14.2 Å². The Morgan fingerprint density at radius 2 is 1.67 bits per heavy atom. The van der Waals surface area contributed by atoms with E-state index in [0.717, 1.165) is 55.2 Å². The summed E-state index contributed by atoms with van der Waals surface area (Å²) in [6, 6.07) is 21.7. The van der Waals surface area contributed by atoms with Crippen LogP contribution in [0, 0.1) is 0 Å². The van der Waals surface area contributed by atoms with E-state index >= 15 is 0 Å². The molecule has 1 N–H and O–H groups in total. The fourth-order valence-corrected chi connectivity index (χ4v) is 6.49. The molecule has 49 heavy (non-hydrogen) atoms. The molecule has 0 unspecified atom stereocenters. The molecule has 9 heteroatoms. The monoisotopic (exact) mass is 658 g/mol. The fourth-order valence-electron chi connectivity index (χ4n) is 6.49. The molecule has 6 rings (SSSR count). The summed E-state index contributed by atoms with van der Waals surface area (Å²) in [5.41, 5.74) is 6.02. The van der Waals surface area contributed by atoms with Gasteiger partial charge in [0, 0.05) is 44.5 Å². The lowest BCUT2D eigenvalue weighted by atomic mass is 9.98. The SMILES string of the molecule is CCn1c(=O)c(=C2C=CC(C(=O)N(C)c3ccc(CCN4CCc5cc(OC)c(OC)cc5C4)cc3)=CC2)[nH]c(=O)c1=Cc1ccccc1. The molecule has 2 aliphatic rings. The molecule has 1 aromatic heterocycles. The van der Waals surface area contributed by atoms with Gasteiger partial charge >= 0.3 is 0 Å². The van der Waals surface area contributed by atoms with E-state index in [-0.39, 0.29) is 22.4 Å². The summed E-state index contributed by atoms with van der Waals surface area (Å²) in [5.74, 6) is 1.39. The standard InChI is InChI=1S/C40H42N4O5/c1-5-44-34(23-28-9-7-6-8-10-28)38(45)41-37(40(44)47)29-13-15-30(16-14-29)39(46)42(2)33-17-11-27(12-18-33)19-21-43-22-20-31-24-35(48-3)36(49-4)25-32(31)26-43/h6-13,15-18,23-25H,5,14,19-22,26H2,1-4H3,(H,41,45). The van der Waals surface area contributed by atoms with E-state index in [9.17, 15) is 14.4 Å². The number of carbonyl (C=O) groups is 1. The molecule has 9 nitrogen and oxygen atoms in total. The number of H-pyrrole nitrogens is 1. The van der Waals surface area contributed by atoms with E-state index in [1.165, 1.54) is 21.3 Å². The maximum atomic E-state index is 13.4. The number of anilines is 1. The van der Waals surface area contributed by atoms with Crippen molar-refractivity contribution < 1.29 is 14.3 Å². The number of aromatic amines is 1. The first-order valence-corrected chi connectivity index (χ1v) is 16.6. The lowest BCUT2D eigenvalue weighted by molar-refractivity contribution is -0.114. The maximum absolute atomic E-state index is 13.4. The number of hydrogen-bond donors (Lipinski definition) is 1. The van der Waals surface area contributed by atoms with Crippen LogP contribution >= 0.6 is 0 Å². The van der Waals surface area contributed by atoms with Crippen LogP contribution in [0.4, 0.5) is 5.69 Å². The molecule has 0 saturated carbocycles. The molecule has 2 heterocycles. The predicted octanol–water partition coefficient (Wildman–Crippen LogP) is 3.70. The first-order valence-electron chi connectivity index (χ1n) is 16.6. The summed E-state index contributed by atoms with van der Waals surface area (Å²) < 4.78 is 12.5. The van der Waals surface area contributed by atoms with Crippen molar-refractivity contribution in [1.82, 2.24) is 14.5 Å². The lowest BCUT2D eigenvalue weighted by Gasteiger charge is -2.29. The number of hydrogen-bond acceptors (Lipinski definition) is 6. The van der Waals surface area contributed by atoms with Gasteiger partial charge < -0.3 is 23.9 Å². The number of allylic oxidation sites excluding steroid dienone is 2. The molecular weight excluding hydrogens is 616 g/mol. The third-order valence-corrected chi connectivity index (χ3v) is 9.36. The molecule has 252 valence electrons. The van der Waals surface area contributed by atoms with Crippen LogP contribution in [0.15, 0.2) is 100 Å². The Morgan fingerprint density at radius 1 is 0.959 bits per heavy atom. The van der Waals surface area contributed by atoms with E-state index in [0.29, 0.717) is 29.5 Å². The second-order valence-electron chi connectivity index (χ2n) is 12.3. The number of benzene rings is 3. The second-order valence-corrected chi connectivity index (χ2v) is 12.3. The van der Waals surface area contributed by atoms with E-state index in [4.69, 9.17) is 9.47 Å². The number of nitrogens with one attached hydrogen (secondary N) is 1. The molecule has 0 atom stereocenters. The summed E-state index contributed by atoms with van der Waals surface area (Å²) in [5, 5.41) is 0.551. The number of rotatable bonds is 9. The molecule has 0 saturated heterocycles. The van der Waals surface area contributed by atoms with Crippen molar-refractivity contribution >= 4 is 23.2 Å². The van der Waals surface area contributed by atoms with Crippen molar-refractivity contribution in [2.24, 2.45) is 0 Å². The molecule has 3 aromatic carbocycles. The summed E-state index contributed by atoms with van der Waals surface area (Å²) >= 11 is 0. The average molecular weight is 659 g/mol. The van der Waals surface area contributed by atoms with Gasteiger partial charge in [-0.2, -0.15) is 0 Å². The first-order chi connectivity index (χ1) is 23.8. The molecule has 4 aromatic rings. The van der Waals surface area contributed by atoms with Crippen molar-refractivity contribution in [3.8, 4) is 11.5 Å². The fraction of sp³-hybridized carbons (Fsp3) is 0.275. The van der Waals surface area contributed by atoms with Crippen LogP contribution < -0.4 is 36.2 Å². The highest BCUT2D eigenvalue weighted by Gasteiger charge is 2.20. The second kappa shape index (κ2) is 14.8. The van der Waals surface area contributed by atoms with E-state index in [1.807, 2.05) is 55.5 Å². The van der Waals surface area contributed by atoms with Gasteiger partial charge in [0.1, 0.15) is 10.7 Å². The zero-order chi connectivity index (χ0) is 34.5. The Hall–Kier alpha value is -5.41. The highest BCUT2D eigenvalue weighted by atomic mass is 16.5. The maximum Gasteiger partial charge on any atom is 0.275 e. The van der Waals surface area contributed by atoms with Crippen LogP contribution in [-0.2, 0) is 30.7 Å². The Balaban J connectivity index is 1.10. The largest absolute Gasteiger partial charge is 0.493 e. The van der Waals surface area contributed by atoms with Crippen molar-refractivity contribution in [2.45, 2.75) is 39.3 Å². The van der Waals surface area contributed by atoms with Crippen LogP contribution in [0.5, 0.6) is 11.5 Å². The van der Waals surface area contributed by atoms with Crippen LogP contribution in [0.2, 0.25) is 0 Å². The average Bonchev–Trinajstić information content (AvgIpc) is 3.14. The minimum absolute atomic E-state index is 0.144. The summed E-state index contributed by atoms with van der Waals surface area (Å²) in [7, 11) is 5.10. The van der Waals surface area contributed by atoms with Gasteiger partial charge in [0.25, 0.3) is 17.0 Å². The number of ether oxygens (including phenoxy) is 2. The molecule has 1 aliphatic carbocycles. The zero-order valence-electron chi connectivity index (χ0n) is 28.5. The summed E-state index contributed by atoms with van der Waals surface area (Å²) in [6.45, 7) is 4.99. The van der Waals surface area contributed by atoms with Crippen molar-refractivity contribution in [2.75, 3.05) is 39.3 Å². The van der Waals surface area contributed by atoms with E-state index in [2.05, 4.69) is 34.1 Å². The van der Waals surface area contributed by atoms with Crippen molar-refractivity contribution in [3.05, 3.63) is 144 Å². The quantitative estimate of drug-likeness (QED) is 0.295. The van der Waals surface area contributed by atoms with Gasteiger partial charge in [0.2, 0.25) is 0 Å².